The van der Waals surface area contributed by atoms with E-state index in [1.165, 1.54) is 38.6 Å². The van der Waals surface area contributed by atoms with E-state index in [1.54, 1.807) is 0 Å². The monoisotopic (exact) mass is 324 g/mol. The molecule has 0 spiro atoms. The van der Waals surface area contributed by atoms with Gasteiger partial charge in [0.1, 0.15) is 0 Å². The lowest BCUT2D eigenvalue weighted by molar-refractivity contribution is 1.15. The third kappa shape index (κ3) is 2.96. The summed E-state index contributed by atoms with van der Waals surface area (Å²) < 4.78 is 0. The van der Waals surface area contributed by atoms with Gasteiger partial charge in [-0.2, -0.15) is 0 Å². The molecule has 3 aromatic carbocycles. The molecule has 112 valence electrons. The molecule has 0 aliphatic carbocycles. The van der Waals surface area contributed by atoms with Crippen molar-refractivity contribution in [2.75, 3.05) is 0 Å². The largest absolute Gasteiger partial charge is 0.133 e. The molecule has 0 saturated carbocycles. The van der Waals surface area contributed by atoms with Gasteiger partial charge in [-0.05, 0) is 57.3 Å². The fourth-order valence-electron chi connectivity index (χ4n) is 3.01. The highest BCUT2D eigenvalue weighted by Gasteiger charge is 2.08. The predicted molar refractivity (Wildman–Crippen MR) is 106 cm³/mol. The van der Waals surface area contributed by atoms with E-state index in [2.05, 4.69) is 80.0 Å². The third-order valence-corrected chi connectivity index (χ3v) is 5.20. The maximum Gasteiger partial charge on any atom is -0.00998 e. The summed E-state index contributed by atoms with van der Waals surface area (Å²) in [5, 5.41) is 2.76. The first-order chi connectivity index (χ1) is 10.8. The quantitative estimate of drug-likeness (QED) is 0.531. The summed E-state index contributed by atoms with van der Waals surface area (Å²) in [4.78, 5) is 0. The molecule has 0 fully saturated rings. The Morgan fingerprint density at radius 3 is 2.14 bits per heavy atom. The number of rotatable bonds is 4. The van der Waals surface area contributed by atoms with E-state index in [0.29, 0.717) is 0 Å². The van der Waals surface area contributed by atoms with Gasteiger partial charge in [0.05, 0.1) is 0 Å². The van der Waals surface area contributed by atoms with E-state index in [1.807, 2.05) is 0 Å². The van der Waals surface area contributed by atoms with Crippen LogP contribution < -0.4 is 0 Å². The Hall–Kier alpha value is -1.22. The van der Waals surface area contributed by atoms with E-state index in [9.17, 15) is 0 Å². The van der Waals surface area contributed by atoms with Crippen LogP contribution in [0.1, 0.15) is 23.6 Å². The van der Waals surface area contributed by atoms with Crippen LogP contribution in [0.4, 0.5) is 0 Å². The first-order valence-corrected chi connectivity index (χ1v) is 9.44. The number of benzene rings is 3. The van der Waals surface area contributed by atoms with Crippen molar-refractivity contribution in [3.05, 3.63) is 71.3 Å². The van der Waals surface area contributed by atoms with Gasteiger partial charge in [0.2, 0.25) is 0 Å². The van der Waals surface area contributed by atoms with Gasteiger partial charge in [-0.15, -0.1) is 18.5 Å². The fraction of sp³-hybridized carbons (Fsp3) is 0.200. The molecular formula is C20H22P2. The van der Waals surface area contributed by atoms with Crippen LogP contribution in [-0.2, 0) is 18.7 Å². The number of fused-ring (bicyclic) bond motifs is 1. The van der Waals surface area contributed by atoms with E-state index < -0.39 is 0 Å². The summed E-state index contributed by atoms with van der Waals surface area (Å²) in [5.74, 6) is 0. The second kappa shape index (κ2) is 6.91. The first-order valence-electron chi connectivity index (χ1n) is 7.80. The van der Waals surface area contributed by atoms with Gasteiger partial charge in [0.15, 0.2) is 0 Å². The maximum atomic E-state index is 2.84. The topological polar surface area (TPSA) is 0 Å². The van der Waals surface area contributed by atoms with Crippen LogP contribution in [0.5, 0.6) is 0 Å². The minimum absolute atomic E-state index is 1.00. The standard InChI is InChI=1S/C20H22P2/c1-2-16-10-15(13-22)11-20-18(16)4-3-5-19(20)17-8-6-14(12-21)7-9-17/h3-11H,2,12-13,21-22H2,1H3. The van der Waals surface area contributed by atoms with Gasteiger partial charge in [-0.1, -0.05) is 61.5 Å². The SMILES string of the molecule is CCc1cc(CP)cc2c(-c3ccc(CP)cc3)cccc12. The number of hydrogen-bond acceptors (Lipinski definition) is 0. The Bertz CT molecular complexity index is 789. The maximum absolute atomic E-state index is 2.84. The molecule has 0 heterocycles. The summed E-state index contributed by atoms with van der Waals surface area (Å²) in [6.45, 7) is 2.24. The van der Waals surface area contributed by atoms with Gasteiger partial charge in [0.25, 0.3) is 0 Å². The summed E-state index contributed by atoms with van der Waals surface area (Å²) in [7, 11) is 5.63. The Labute approximate surface area is 137 Å². The highest BCUT2D eigenvalue weighted by molar-refractivity contribution is 7.15. The molecule has 0 aliphatic heterocycles. The van der Waals surface area contributed by atoms with Crippen LogP contribution in [0.25, 0.3) is 21.9 Å². The van der Waals surface area contributed by atoms with Gasteiger partial charge >= 0.3 is 0 Å². The molecule has 3 aromatic rings. The van der Waals surface area contributed by atoms with Crippen LogP contribution in [0.2, 0.25) is 0 Å². The summed E-state index contributed by atoms with van der Waals surface area (Å²) >= 11 is 0. The van der Waals surface area contributed by atoms with Crippen molar-refractivity contribution < 1.29 is 0 Å². The average Bonchev–Trinajstić information content (AvgIpc) is 2.60. The minimum Gasteiger partial charge on any atom is -0.133 e. The van der Waals surface area contributed by atoms with E-state index >= 15 is 0 Å². The van der Waals surface area contributed by atoms with Crippen molar-refractivity contribution in [3.8, 4) is 11.1 Å². The zero-order chi connectivity index (χ0) is 15.5. The van der Waals surface area contributed by atoms with E-state index in [-0.39, 0.29) is 0 Å². The van der Waals surface area contributed by atoms with Crippen molar-refractivity contribution in [2.45, 2.75) is 25.7 Å². The van der Waals surface area contributed by atoms with Gasteiger partial charge in [-0.3, -0.25) is 0 Å². The highest BCUT2D eigenvalue weighted by Crippen LogP contribution is 2.32. The van der Waals surface area contributed by atoms with Crippen molar-refractivity contribution in [1.82, 2.24) is 0 Å². The van der Waals surface area contributed by atoms with E-state index in [0.717, 1.165) is 18.7 Å². The summed E-state index contributed by atoms with van der Waals surface area (Å²) in [6, 6.07) is 20.3. The Kier molecular flexibility index (Phi) is 4.92. The number of hydrogen-bond donors (Lipinski definition) is 0. The lowest BCUT2D eigenvalue weighted by Crippen LogP contribution is -1.90. The molecule has 0 radical (unpaired) electrons. The molecule has 0 amide bonds. The molecule has 0 nitrogen and oxygen atoms in total. The lowest BCUT2D eigenvalue weighted by atomic mass is 9.93. The lowest BCUT2D eigenvalue weighted by Gasteiger charge is -2.13. The van der Waals surface area contributed by atoms with Crippen LogP contribution in [0, 0.1) is 0 Å². The molecule has 2 atom stereocenters. The van der Waals surface area contributed by atoms with Gasteiger partial charge in [-0.25, -0.2) is 0 Å². The van der Waals surface area contributed by atoms with E-state index in [4.69, 9.17) is 0 Å². The van der Waals surface area contributed by atoms with Crippen LogP contribution >= 0.6 is 18.5 Å². The van der Waals surface area contributed by atoms with Gasteiger partial charge in [0, 0.05) is 0 Å². The van der Waals surface area contributed by atoms with Gasteiger partial charge < -0.3 is 0 Å². The van der Waals surface area contributed by atoms with Crippen molar-refractivity contribution in [1.29, 1.82) is 0 Å². The molecule has 0 aromatic heterocycles. The molecular weight excluding hydrogens is 302 g/mol. The minimum atomic E-state index is 1.00. The second-order valence-corrected chi connectivity index (χ2v) is 6.43. The normalized spacial score (nSPS) is 11.0. The molecule has 0 saturated heterocycles. The smallest absolute Gasteiger partial charge is 0.00998 e. The zero-order valence-corrected chi connectivity index (χ0v) is 15.3. The Morgan fingerprint density at radius 2 is 1.50 bits per heavy atom. The van der Waals surface area contributed by atoms with Crippen molar-refractivity contribution in [3.63, 3.8) is 0 Å². The molecule has 0 N–H and O–H groups in total. The fourth-order valence-corrected chi connectivity index (χ4v) is 3.52. The van der Waals surface area contributed by atoms with Crippen LogP contribution in [-0.4, -0.2) is 0 Å². The first kappa shape index (κ1) is 15.7. The zero-order valence-electron chi connectivity index (χ0n) is 13.0. The predicted octanol–water partition coefficient (Wildman–Crippen LogP) is 5.82. The van der Waals surface area contributed by atoms with Crippen LogP contribution in [0.3, 0.4) is 0 Å². The third-order valence-electron chi connectivity index (χ3n) is 4.26. The van der Waals surface area contributed by atoms with Crippen molar-refractivity contribution >= 4 is 29.3 Å². The molecule has 2 heteroatoms. The highest BCUT2D eigenvalue weighted by atomic mass is 31.0. The molecule has 0 aliphatic rings. The molecule has 0 bridgehead atoms. The van der Waals surface area contributed by atoms with Crippen LogP contribution in [0.15, 0.2) is 54.6 Å². The molecule has 3 rings (SSSR count). The summed E-state index contributed by atoms with van der Waals surface area (Å²) in [5.41, 5.74) is 6.83. The molecule has 22 heavy (non-hydrogen) atoms. The Morgan fingerprint density at radius 1 is 0.773 bits per heavy atom. The summed E-state index contributed by atoms with van der Waals surface area (Å²) in [6.07, 6.45) is 3.08. The average molecular weight is 324 g/mol. The Balaban J connectivity index is 2.24. The second-order valence-electron chi connectivity index (χ2n) is 5.61. The number of aryl methyl sites for hydroxylation is 1. The molecule has 2 unspecified atom stereocenters. The van der Waals surface area contributed by atoms with Crippen molar-refractivity contribution in [2.24, 2.45) is 0 Å².